The third-order valence-corrected chi connectivity index (χ3v) is 4.68. The molecule has 0 aliphatic carbocycles. The van der Waals surface area contributed by atoms with Crippen LogP contribution in [0, 0.1) is 20.2 Å². The van der Waals surface area contributed by atoms with Crippen LogP contribution >= 0.6 is 0 Å². The highest BCUT2D eigenvalue weighted by Crippen LogP contribution is 2.17. The molecule has 14 nitrogen and oxygen atoms in total. The van der Waals surface area contributed by atoms with Crippen LogP contribution in [0.3, 0.4) is 0 Å². The van der Waals surface area contributed by atoms with Crippen molar-refractivity contribution >= 4 is 21.5 Å². The molecule has 0 N–H and O–H groups in total. The summed E-state index contributed by atoms with van der Waals surface area (Å²) < 4.78 is 1.51. The van der Waals surface area contributed by atoms with E-state index in [4.69, 9.17) is 0 Å². The summed E-state index contributed by atoms with van der Waals surface area (Å²) in [7, 11) is 0. The Bertz CT molecular complexity index is 1200. The molecule has 0 saturated heterocycles. The summed E-state index contributed by atoms with van der Waals surface area (Å²) in [4.78, 5) is 79.7. The molecule has 1 aromatic carbocycles. The Labute approximate surface area is 164 Å². The first-order valence-electron chi connectivity index (χ1n) is 8.53. The summed E-state index contributed by atoms with van der Waals surface area (Å²) in [6.45, 7) is 1.65. The molecule has 0 bridgehead atoms. The lowest BCUT2D eigenvalue weighted by Crippen LogP contribution is -2.32. The summed E-state index contributed by atoms with van der Waals surface area (Å²) in [6.07, 6.45) is 0. The summed E-state index contributed by atoms with van der Waals surface area (Å²) in [6, 6.07) is 0.264. The minimum Gasteiger partial charge on any atom is -0.312 e. The highest BCUT2D eigenvalue weighted by molar-refractivity contribution is 5.97. The average Bonchev–Trinajstić information content (AvgIpc) is 3.07. The minimum absolute atomic E-state index is 0.135. The maximum absolute atomic E-state index is 12.6. The van der Waals surface area contributed by atoms with E-state index in [0.717, 1.165) is 21.3 Å². The molecule has 2 heterocycles. The number of hydrogen-bond donors (Lipinski definition) is 0. The number of nitrogens with zero attached hydrogens (tertiary/aromatic N) is 4. The number of fused-ring (bicyclic) bond motifs is 2. The van der Waals surface area contributed by atoms with Gasteiger partial charge in [0.05, 0.1) is 33.6 Å². The lowest BCUT2D eigenvalue weighted by Gasteiger charge is -2.09. The molecular weight excluding hydrogens is 408 g/mol. The van der Waals surface area contributed by atoms with E-state index < -0.39 is 57.7 Å². The van der Waals surface area contributed by atoms with E-state index in [1.165, 1.54) is 13.8 Å². The van der Waals surface area contributed by atoms with Crippen LogP contribution in [0.15, 0.2) is 31.3 Å². The van der Waals surface area contributed by atoms with Crippen molar-refractivity contribution in [2.75, 3.05) is 13.2 Å². The Morgan fingerprint density at radius 2 is 1.00 bits per heavy atom. The van der Waals surface area contributed by atoms with Gasteiger partial charge in [-0.3, -0.25) is 28.3 Å². The molecule has 30 heavy (non-hydrogen) atoms. The van der Waals surface area contributed by atoms with E-state index >= 15 is 0 Å². The van der Waals surface area contributed by atoms with Crippen LogP contribution in [0.2, 0.25) is 0 Å². The van der Waals surface area contributed by atoms with Crippen LogP contribution in [0.25, 0.3) is 21.5 Å². The van der Waals surface area contributed by atoms with Gasteiger partial charge in [0.2, 0.25) is 0 Å². The number of aromatic nitrogens is 2. The van der Waals surface area contributed by atoms with Gasteiger partial charge in [-0.2, -0.15) is 0 Å². The highest BCUT2D eigenvalue weighted by Gasteiger charge is 2.23. The molecule has 0 amide bonds. The molecule has 2 aromatic heterocycles. The van der Waals surface area contributed by atoms with Crippen LogP contribution in [0.1, 0.15) is 25.9 Å². The van der Waals surface area contributed by atoms with E-state index in [9.17, 15) is 39.4 Å². The van der Waals surface area contributed by atoms with Gasteiger partial charge in [-0.15, -0.1) is 20.2 Å². The van der Waals surface area contributed by atoms with Gasteiger partial charge in [-0.25, -0.2) is 0 Å². The minimum atomic E-state index is -1.06. The molecule has 0 unspecified atom stereocenters. The van der Waals surface area contributed by atoms with Crippen LogP contribution in [0.5, 0.6) is 0 Å². The van der Waals surface area contributed by atoms with Crippen LogP contribution in [-0.4, -0.2) is 32.5 Å². The van der Waals surface area contributed by atoms with Gasteiger partial charge in [0, 0.05) is 0 Å². The second-order valence-corrected chi connectivity index (χ2v) is 6.64. The molecule has 0 saturated carbocycles. The summed E-state index contributed by atoms with van der Waals surface area (Å²) in [5, 5.41) is 18.0. The van der Waals surface area contributed by atoms with Crippen molar-refractivity contribution in [3.63, 3.8) is 0 Å². The third kappa shape index (κ3) is 3.27. The number of hydrogen-bond acceptors (Lipinski definition) is 10. The fraction of sp³-hybridized carbons (Fsp3) is 0.375. The van der Waals surface area contributed by atoms with Crippen LogP contribution in [-0.2, 0) is 9.68 Å². The number of benzene rings is 1. The van der Waals surface area contributed by atoms with Crippen molar-refractivity contribution < 1.29 is 19.8 Å². The molecule has 158 valence electrons. The zero-order valence-electron chi connectivity index (χ0n) is 15.6. The Balaban J connectivity index is 2.17. The fourth-order valence-corrected chi connectivity index (χ4v) is 3.30. The van der Waals surface area contributed by atoms with Gasteiger partial charge < -0.3 is 9.68 Å². The molecule has 0 aliphatic rings. The standard InChI is InChI=1S/C16H14N4O10/c1-7(5-29-19(25)26)17-13(21)9-3-11-12(4-10(9)14(17)22)16(24)18(15(11)23)8(2)6-30-20(27)28/h3-4,7-8H,5-6H2,1-2H3/t7-,8-/m0/s1. The van der Waals surface area contributed by atoms with Crippen LogP contribution < -0.4 is 22.2 Å². The first-order valence-corrected chi connectivity index (χ1v) is 8.53. The third-order valence-electron chi connectivity index (χ3n) is 4.68. The van der Waals surface area contributed by atoms with E-state index in [1.54, 1.807) is 0 Å². The van der Waals surface area contributed by atoms with Crippen molar-refractivity contribution in [2.45, 2.75) is 25.9 Å². The molecule has 0 aliphatic heterocycles. The zero-order valence-corrected chi connectivity index (χ0v) is 15.6. The van der Waals surface area contributed by atoms with Gasteiger partial charge >= 0.3 is 0 Å². The van der Waals surface area contributed by atoms with Crippen LogP contribution in [0.4, 0.5) is 0 Å². The first kappa shape index (κ1) is 20.6. The molecular formula is C16H14N4O10. The highest BCUT2D eigenvalue weighted by atomic mass is 17.0. The van der Waals surface area contributed by atoms with Crippen molar-refractivity contribution in [3.05, 3.63) is 73.8 Å². The quantitative estimate of drug-likeness (QED) is 0.337. The zero-order chi connectivity index (χ0) is 22.3. The lowest BCUT2D eigenvalue weighted by molar-refractivity contribution is -0.758. The van der Waals surface area contributed by atoms with Crippen molar-refractivity contribution in [1.82, 2.24) is 9.13 Å². The Hall–Kier alpha value is -4.10. The van der Waals surface area contributed by atoms with E-state index in [-0.39, 0.29) is 21.5 Å². The first-order chi connectivity index (χ1) is 14.0. The molecule has 0 spiro atoms. The second-order valence-electron chi connectivity index (χ2n) is 6.64. The normalized spacial score (nSPS) is 13.4. The number of rotatable bonds is 8. The van der Waals surface area contributed by atoms with Gasteiger partial charge in [-0.1, -0.05) is 0 Å². The molecule has 0 fully saturated rings. The molecule has 0 radical (unpaired) electrons. The molecule has 2 atom stereocenters. The Morgan fingerprint density at radius 1 is 0.733 bits per heavy atom. The monoisotopic (exact) mass is 422 g/mol. The summed E-state index contributed by atoms with van der Waals surface area (Å²) >= 11 is 0. The van der Waals surface area contributed by atoms with E-state index in [0.29, 0.717) is 0 Å². The van der Waals surface area contributed by atoms with Gasteiger partial charge in [0.25, 0.3) is 32.4 Å². The summed E-state index contributed by atoms with van der Waals surface area (Å²) in [5.74, 6) is 0. The summed E-state index contributed by atoms with van der Waals surface area (Å²) in [5.41, 5.74) is -3.16. The van der Waals surface area contributed by atoms with Gasteiger partial charge in [0.1, 0.15) is 13.2 Å². The van der Waals surface area contributed by atoms with Gasteiger partial charge in [-0.05, 0) is 26.0 Å². The van der Waals surface area contributed by atoms with E-state index in [1.807, 2.05) is 0 Å². The van der Waals surface area contributed by atoms with Gasteiger partial charge in [0.15, 0.2) is 0 Å². The van der Waals surface area contributed by atoms with Crippen molar-refractivity contribution in [1.29, 1.82) is 0 Å². The predicted octanol–water partition coefficient (Wildman–Crippen LogP) is -0.549. The smallest absolute Gasteiger partial charge is 0.294 e. The maximum Gasteiger partial charge on any atom is 0.294 e. The Kier molecular flexibility index (Phi) is 5.07. The largest absolute Gasteiger partial charge is 0.312 e. The Morgan fingerprint density at radius 3 is 1.23 bits per heavy atom. The molecule has 3 rings (SSSR count). The van der Waals surface area contributed by atoms with Crippen molar-refractivity contribution in [3.8, 4) is 0 Å². The topological polar surface area (TPSA) is 183 Å². The SMILES string of the molecule is C[C@@H](CO[N+](=O)[O-])n1c(=O)c2cc3c(=O)n([C@@H](C)CO[N+](=O)[O-])c(=O)c3cc2c1=O. The lowest BCUT2D eigenvalue weighted by atomic mass is 10.1. The second kappa shape index (κ2) is 7.38. The van der Waals surface area contributed by atoms with Crippen molar-refractivity contribution in [2.24, 2.45) is 0 Å². The predicted molar refractivity (Wildman–Crippen MR) is 100 cm³/mol. The molecule has 3 aromatic rings. The average molecular weight is 422 g/mol. The van der Waals surface area contributed by atoms with E-state index in [2.05, 4.69) is 9.68 Å². The maximum atomic E-state index is 12.6. The fourth-order valence-electron chi connectivity index (χ4n) is 3.30. The molecule has 14 heteroatoms.